The van der Waals surface area contributed by atoms with E-state index >= 15 is 0 Å². The molecular formula is C20H18N2O3. The fourth-order valence-electron chi connectivity index (χ4n) is 2.87. The van der Waals surface area contributed by atoms with Gasteiger partial charge in [0.05, 0.1) is 17.9 Å². The second-order valence-electron chi connectivity index (χ2n) is 5.56. The Morgan fingerprint density at radius 3 is 2.52 bits per heavy atom. The van der Waals surface area contributed by atoms with E-state index in [1.807, 2.05) is 54.0 Å². The number of hydrogen-bond acceptors (Lipinski definition) is 4. The van der Waals surface area contributed by atoms with E-state index in [1.165, 1.54) is 0 Å². The van der Waals surface area contributed by atoms with Gasteiger partial charge in [-0.05, 0) is 48.9 Å². The molecule has 1 heterocycles. The maximum absolute atomic E-state index is 12.3. The molecule has 0 fully saturated rings. The van der Waals surface area contributed by atoms with Gasteiger partial charge in [0, 0.05) is 11.4 Å². The number of benzene rings is 2. The Balaban J connectivity index is 2.24. The lowest BCUT2D eigenvalue weighted by Crippen LogP contribution is -2.06. The van der Waals surface area contributed by atoms with Crippen molar-refractivity contribution in [1.29, 1.82) is 0 Å². The van der Waals surface area contributed by atoms with Gasteiger partial charge in [0.1, 0.15) is 5.69 Å². The van der Waals surface area contributed by atoms with Crippen LogP contribution in [-0.2, 0) is 4.74 Å². The zero-order valence-electron chi connectivity index (χ0n) is 14.1. The van der Waals surface area contributed by atoms with E-state index in [4.69, 9.17) is 4.74 Å². The molecule has 0 unspecified atom stereocenters. The van der Waals surface area contributed by atoms with Crippen LogP contribution in [0.1, 0.15) is 23.0 Å². The van der Waals surface area contributed by atoms with Gasteiger partial charge in [0.2, 0.25) is 0 Å². The van der Waals surface area contributed by atoms with Crippen LogP contribution in [0.4, 0.5) is 5.69 Å². The first-order valence-electron chi connectivity index (χ1n) is 8.04. The Kier molecular flexibility index (Phi) is 4.75. The monoisotopic (exact) mass is 334 g/mol. The summed E-state index contributed by atoms with van der Waals surface area (Å²) in [5.41, 5.74) is 4.17. The molecule has 0 bridgehead atoms. The summed E-state index contributed by atoms with van der Waals surface area (Å²) in [6.45, 7) is 3.95. The number of nitrogens with zero attached hydrogens (tertiary/aromatic N) is 2. The summed E-state index contributed by atoms with van der Waals surface area (Å²) in [5, 5.41) is 3.01. The van der Waals surface area contributed by atoms with Crippen molar-refractivity contribution in [3.63, 3.8) is 0 Å². The van der Waals surface area contributed by atoms with Gasteiger partial charge in [-0.25, -0.2) is 4.79 Å². The van der Waals surface area contributed by atoms with Crippen LogP contribution in [-0.4, -0.2) is 17.1 Å². The summed E-state index contributed by atoms with van der Waals surface area (Å²) in [6.07, 6.45) is 0. The molecule has 0 amide bonds. The SMILES string of the molecule is CCOC(=O)c1cc(-c2ccccc2)n(-c2cccc(N=O)c2)c1C. The largest absolute Gasteiger partial charge is 0.462 e. The first-order valence-corrected chi connectivity index (χ1v) is 8.04. The predicted molar refractivity (Wildman–Crippen MR) is 97.4 cm³/mol. The zero-order valence-corrected chi connectivity index (χ0v) is 14.1. The number of rotatable bonds is 5. The molecule has 0 saturated carbocycles. The van der Waals surface area contributed by atoms with Crippen molar-refractivity contribution >= 4 is 11.7 Å². The number of ether oxygens (including phenoxy) is 1. The Bertz CT molecular complexity index is 914. The highest BCUT2D eigenvalue weighted by Gasteiger charge is 2.20. The maximum Gasteiger partial charge on any atom is 0.339 e. The van der Waals surface area contributed by atoms with Crippen LogP contribution in [0.2, 0.25) is 0 Å². The van der Waals surface area contributed by atoms with Crippen LogP contribution < -0.4 is 0 Å². The van der Waals surface area contributed by atoms with E-state index in [-0.39, 0.29) is 5.97 Å². The molecule has 0 aliphatic carbocycles. The van der Waals surface area contributed by atoms with Gasteiger partial charge in [-0.2, -0.15) is 0 Å². The van der Waals surface area contributed by atoms with Gasteiger partial charge >= 0.3 is 5.97 Å². The highest BCUT2D eigenvalue weighted by Crippen LogP contribution is 2.31. The number of carbonyl (C=O) groups is 1. The van der Waals surface area contributed by atoms with Crippen molar-refractivity contribution in [2.75, 3.05) is 6.61 Å². The van der Waals surface area contributed by atoms with Gasteiger partial charge in [0.25, 0.3) is 0 Å². The standard InChI is InChI=1S/C20H18N2O3/c1-3-25-20(23)18-13-19(15-8-5-4-6-9-15)22(14(18)2)17-11-7-10-16(12-17)21-24/h4-13H,3H2,1-2H3. The minimum atomic E-state index is -0.361. The van der Waals surface area contributed by atoms with Gasteiger partial charge in [0.15, 0.2) is 0 Å². The zero-order chi connectivity index (χ0) is 17.8. The normalized spacial score (nSPS) is 10.5. The summed E-state index contributed by atoms with van der Waals surface area (Å²) in [4.78, 5) is 23.2. The first kappa shape index (κ1) is 16.6. The van der Waals surface area contributed by atoms with Crippen LogP contribution in [0.25, 0.3) is 16.9 Å². The highest BCUT2D eigenvalue weighted by molar-refractivity contribution is 5.93. The molecule has 0 aliphatic rings. The summed E-state index contributed by atoms with van der Waals surface area (Å²) in [6, 6.07) is 18.6. The number of aromatic nitrogens is 1. The Labute approximate surface area is 145 Å². The number of carbonyl (C=O) groups excluding carboxylic acids is 1. The molecule has 0 N–H and O–H groups in total. The molecular weight excluding hydrogens is 316 g/mol. The van der Waals surface area contributed by atoms with Gasteiger partial charge in [-0.3, -0.25) is 0 Å². The number of esters is 1. The molecule has 0 aliphatic heterocycles. The van der Waals surface area contributed by atoms with Crippen LogP contribution in [0.15, 0.2) is 65.8 Å². The average Bonchev–Trinajstić information content (AvgIpc) is 3.00. The average molecular weight is 334 g/mol. The Hall–Kier alpha value is -3.21. The van der Waals surface area contributed by atoms with E-state index in [9.17, 15) is 9.70 Å². The van der Waals surface area contributed by atoms with E-state index in [0.29, 0.717) is 17.9 Å². The topological polar surface area (TPSA) is 60.7 Å². The summed E-state index contributed by atoms with van der Waals surface area (Å²) < 4.78 is 7.11. The third-order valence-electron chi connectivity index (χ3n) is 4.01. The maximum atomic E-state index is 12.3. The quantitative estimate of drug-likeness (QED) is 0.486. The van der Waals surface area contributed by atoms with Crippen LogP contribution in [0, 0.1) is 11.8 Å². The Morgan fingerprint density at radius 1 is 1.08 bits per heavy atom. The lowest BCUT2D eigenvalue weighted by molar-refractivity contribution is 0.0525. The van der Waals surface area contributed by atoms with Crippen molar-refractivity contribution in [2.24, 2.45) is 5.18 Å². The van der Waals surface area contributed by atoms with E-state index < -0.39 is 0 Å². The lowest BCUT2D eigenvalue weighted by Gasteiger charge is -2.12. The second-order valence-corrected chi connectivity index (χ2v) is 5.56. The molecule has 3 aromatic rings. The molecule has 2 aromatic carbocycles. The molecule has 126 valence electrons. The first-order chi connectivity index (χ1) is 12.2. The molecule has 5 heteroatoms. The third kappa shape index (κ3) is 3.21. The number of hydrogen-bond donors (Lipinski definition) is 0. The minimum Gasteiger partial charge on any atom is -0.462 e. The Morgan fingerprint density at radius 2 is 1.84 bits per heavy atom. The molecule has 0 radical (unpaired) electrons. The van der Waals surface area contributed by atoms with Crippen molar-refractivity contribution in [3.05, 3.63) is 76.8 Å². The van der Waals surface area contributed by atoms with Crippen LogP contribution >= 0.6 is 0 Å². The van der Waals surface area contributed by atoms with Crippen LogP contribution in [0.3, 0.4) is 0 Å². The molecule has 3 rings (SSSR count). The smallest absolute Gasteiger partial charge is 0.339 e. The van der Waals surface area contributed by atoms with E-state index in [0.717, 1.165) is 22.6 Å². The summed E-state index contributed by atoms with van der Waals surface area (Å²) in [7, 11) is 0. The van der Waals surface area contributed by atoms with Gasteiger partial charge in [-0.1, -0.05) is 36.4 Å². The van der Waals surface area contributed by atoms with Crippen molar-refractivity contribution < 1.29 is 9.53 Å². The van der Waals surface area contributed by atoms with Crippen molar-refractivity contribution in [3.8, 4) is 16.9 Å². The van der Waals surface area contributed by atoms with Crippen LogP contribution in [0.5, 0.6) is 0 Å². The molecule has 0 atom stereocenters. The molecule has 0 spiro atoms. The second kappa shape index (κ2) is 7.13. The molecule has 25 heavy (non-hydrogen) atoms. The predicted octanol–water partition coefficient (Wildman–Crippen LogP) is 5.03. The fourth-order valence-corrected chi connectivity index (χ4v) is 2.87. The van der Waals surface area contributed by atoms with E-state index in [2.05, 4.69) is 5.18 Å². The highest BCUT2D eigenvalue weighted by atomic mass is 16.5. The molecule has 5 nitrogen and oxygen atoms in total. The lowest BCUT2D eigenvalue weighted by atomic mass is 10.1. The summed E-state index contributed by atoms with van der Waals surface area (Å²) >= 11 is 0. The minimum absolute atomic E-state index is 0.314. The van der Waals surface area contributed by atoms with Crippen molar-refractivity contribution in [2.45, 2.75) is 13.8 Å². The molecule has 1 aromatic heterocycles. The van der Waals surface area contributed by atoms with Gasteiger partial charge in [-0.15, -0.1) is 4.91 Å². The number of nitroso groups, excluding NO2 is 1. The third-order valence-corrected chi connectivity index (χ3v) is 4.01. The molecule has 0 saturated heterocycles. The fraction of sp³-hybridized carbons (Fsp3) is 0.150. The van der Waals surface area contributed by atoms with Gasteiger partial charge < -0.3 is 9.30 Å². The van der Waals surface area contributed by atoms with E-state index in [1.54, 1.807) is 25.1 Å². The summed E-state index contributed by atoms with van der Waals surface area (Å²) in [5.74, 6) is -0.361. The van der Waals surface area contributed by atoms with Crippen molar-refractivity contribution in [1.82, 2.24) is 4.57 Å².